The van der Waals surface area contributed by atoms with Crippen LogP contribution in [0, 0.1) is 11.3 Å². The molecule has 7 nitrogen and oxygen atoms in total. The number of rotatable bonds is 4. The molecule has 2 aliphatic rings. The molecule has 0 aliphatic carbocycles. The van der Waals surface area contributed by atoms with Crippen molar-refractivity contribution in [2.45, 2.75) is 4.90 Å². The molecule has 0 N–H and O–H groups in total. The molecule has 0 unspecified atom stereocenters. The lowest BCUT2D eigenvalue weighted by Gasteiger charge is -2.35. The second-order valence-electron chi connectivity index (χ2n) is 5.65. The number of nitrogens with zero attached hydrogens (tertiary/aromatic N) is 4. The minimum atomic E-state index is -3.65. The number of piperazine rings is 1. The van der Waals surface area contributed by atoms with Crippen molar-refractivity contribution >= 4 is 27.4 Å². The fourth-order valence-corrected chi connectivity index (χ4v) is 4.63. The van der Waals surface area contributed by atoms with E-state index < -0.39 is 10.0 Å². The molecule has 0 atom stereocenters. The summed E-state index contributed by atoms with van der Waals surface area (Å²) in [6.07, 6.45) is 0. The minimum absolute atomic E-state index is 0.0788. The van der Waals surface area contributed by atoms with E-state index in [4.69, 9.17) is 22.2 Å². The van der Waals surface area contributed by atoms with Gasteiger partial charge in [0, 0.05) is 26.2 Å². The molecule has 0 aromatic heterocycles. The third-order valence-electron chi connectivity index (χ3n) is 4.17. The SMILES string of the molecule is N#Cc1ccccc1S(=O)(=O)N1CCN(CN2CCOC2=S)CC1. The molecule has 3 rings (SSSR count). The van der Waals surface area contributed by atoms with E-state index in [2.05, 4.69) is 4.90 Å². The first kappa shape index (κ1) is 17.1. The molecule has 0 spiro atoms. The Morgan fingerprint density at radius 3 is 2.50 bits per heavy atom. The molecule has 1 aromatic carbocycles. The quantitative estimate of drug-likeness (QED) is 0.716. The lowest BCUT2D eigenvalue weighted by atomic mass is 10.2. The number of hydrogen-bond donors (Lipinski definition) is 0. The summed E-state index contributed by atoms with van der Waals surface area (Å²) in [4.78, 5) is 4.21. The first-order chi connectivity index (χ1) is 11.5. The van der Waals surface area contributed by atoms with Crippen molar-refractivity contribution in [3.8, 4) is 6.07 Å². The van der Waals surface area contributed by atoms with Gasteiger partial charge in [0.05, 0.1) is 23.7 Å². The predicted molar refractivity (Wildman–Crippen MR) is 91.6 cm³/mol. The lowest BCUT2D eigenvalue weighted by molar-refractivity contribution is 0.142. The molecule has 9 heteroatoms. The minimum Gasteiger partial charge on any atom is -0.469 e. The number of sulfonamides is 1. The van der Waals surface area contributed by atoms with Crippen molar-refractivity contribution in [3.63, 3.8) is 0 Å². The van der Waals surface area contributed by atoms with Gasteiger partial charge in [-0.3, -0.25) is 4.90 Å². The van der Waals surface area contributed by atoms with Crippen molar-refractivity contribution in [1.82, 2.24) is 14.1 Å². The van der Waals surface area contributed by atoms with Gasteiger partial charge < -0.3 is 9.64 Å². The first-order valence-electron chi connectivity index (χ1n) is 7.66. The van der Waals surface area contributed by atoms with Gasteiger partial charge in [0.15, 0.2) is 0 Å². The predicted octanol–water partition coefficient (Wildman–Crippen LogP) is 0.439. The summed E-state index contributed by atoms with van der Waals surface area (Å²) in [5.41, 5.74) is 0.180. The summed E-state index contributed by atoms with van der Waals surface area (Å²) in [7, 11) is -3.65. The first-order valence-corrected chi connectivity index (χ1v) is 9.50. The van der Waals surface area contributed by atoms with Gasteiger partial charge in [-0.25, -0.2) is 8.42 Å². The summed E-state index contributed by atoms with van der Waals surface area (Å²) in [5.74, 6) is 0. The van der Waals surface area contributed by atoms with E-state index in [9.17, 15) is 8.42 Å². The molecule has 0 radical (unpaired) electrons. The van der Waals surface area contributed by atoms with Crippen LogP contribution in [0.15, 0.2) is 29.2 Å². The highest BCUT2D eigenvalue weighted by molar-refractivity contribution is 7.89. The van der Waals surface area contributed by atoms with E-state index >= 15 is 0 Å². The van der Waals surface area contributed by atoms with Crippen molar-refractivity contribution in [3.05, 3.63) is 29.8 Å². The van der Waals surface area contributed by atoms with E-state index in [-0.39, 0.29) is 10.5 Å². The van der Waals surface area contributed by atoms with E-state index in [1.165, 1.54) is 16.4 Å². The zero-order valence-electron chi connectivity index (χ0n) is 13.1. The van der Waals surface area contributed by atoms with Crippen LogP contribution in [-0.2, 0) is 14.8 Å². The van der Waals surface area contributed by atoms with Crippen LogP contribution in [0.3, 0.4) is 0 Å². The Labute approximate surface area is 147 Å². The highest BCUT2D eigenvalue weighted by Crippen LogP contribution is 2.21. The van der Waals surface area contributed by atoms with Gasteiger partial charge in [-0.2, -0.15) is 9.57 Å². The van der Waals surface area contributed by atoms with Crippen LogP contribution in [0.25, 0.3) is 0 Å². The van der Waals surface area contributed by atoms with Gasteiger partial charge in [0.1, 0.15) is 12.7 Å². The number of thiocarbonyl (C=S) groups is 1. The maximum Gasteiger partial charge on any atom is 0.260 e. The lowest BCUT2D eigenvalue weighted by Crippen LogP contribution is -2.51. The van der Waals surface area contributed by atoms with E-state index in [0.29, 0.717) is 44.6 Å². The van der Waals surface area contributed by atoms with E-state index in [0.717, 1.165) is 6.54 Å². The van der Waals surface area contributed by atoms with Crippen LogP contribution in [0.5, 0.6) is 0 Å². The van der Waals surface area contributed by atoms with Crippen LogP contribution in [0.2, 0.25) is 0 Å². The molecule has 2 fully saturated rings. The summed E-state index contributed by atoms with van der Waals surface area (Å²) in [6, 6.07) is 8.26. The van der Waals surface area contributed by atoms with Gasteiger partial charge in [-0.05, 0) is 24.4 Å². The standard InChI is InChI=1S/C15H18N4O3S2/c16-11-13-3-1-2-4-14(13)24(20,21)19-7-5-17(6-8-19)12-18-9-10-22-15(18)23/h1-4H,5-10,12H2. The third kappa shape index (κ3) is 3.37. The van der Waals surface area contributed by atoms with Crippen molar-refractivity contribution in [2.24, 2.45) is 0 Å². The normalized spacial score (nSPS) is 20.0. The zero-order chi connectivity index (χ0) is 17.2. The summed E-state index contributed by atoms with van der Waals surface area (Å²) >= 11 is 5.12. The molecular formula is C15H18N4O3S2. The Balaban J connectivity index is 1.65. The van der Waals surface area contributed by atoms with Crippen molar-refractivity contribution in [2.75, 3.05) is 46.0 Å². The Morgan fingerprint density at radius 2 is 1.88 bits per heavy atom. The molecule has 2 heterocycles. The highest BCUT2D eigenvalue weighted by Gasteiger charge is 2.31. The molecule has 1 aromatic rings. The number of ether oxygens (including phenoxy) is 1. The molecular weight excluding hydrogens is 348 g/mol. The molecule has 2 aliphatic heterocycles. The van der Waals surface area contributed by atoms with Crippen LogP contribution >= 0.6 is 12.2 Å². The Kier molecular flexibility index (Phi) is 5.01. The molecule has 128 valence electrons. The fourth-order valence-electron chi connectivity index (χ4n) is 2.83. The van der Waals surface area contributed by atoms with Gasteiger partial charge in [0.2, 0.25) is 10.0 Å². The fraction of sp³-hybridized carbons (Fsp3) is 0.467. The largest absolute Gasteiger partial charge is 0.469 e. The zero-order valence-corrected chi connectivity index (χ0v) is 14.7. The van der Waals surface area contributed by atoms with Crippen molar-refractivity contribution < 1.29 is 13.2 Å². The Hall–Kier alpha value is -1.73. The summed E-state index contributed by atoms with van der Waals surface area (Å²) in [5, 5.41) is 9.64. The molecule has 0 amide bonds. The van der Waals surface area contributed by atoms with Gasteiger partial charge in [-0.1, -0.05) is 12.1 Å². The second-order valence-corrected chi connectivity index (χ2v) is 7.90. The maximum absolute atomic E-state index is 12.8. The third-order valence-corrected chi connectivity index (χ3v) is 6.51. The smallest absolute Gasteiger partial charge is 0.260 e. The molecule has 24 heavy (non-hydrogen) atoms. The summed E-state index contributed by atoms with van der Waals surface area (Å²) < 4.78 is 32.3. The average molecular weight is 366 g/mol. The Bertz CT molecular complexity index is 767. The molecule has 2 saturated heterocycles. The maximum atomic E-state index is 12.8. The summed E-state index contributed by atoms with van der Waals surface area (Å²) in [6.45, 7) is 4.06. The second kappa shape index (κ2) is 7.03. The van der Waals surface area contributed by atoms with Crippen molar-refractivity contribution in [1.29, 1.82) is 5.26 Å². The van der Waals surface area contributed by atoms with E-state index in [1.807, 2.05) is 11.0 Å². The number of benzene rings is 1. The monoisotopic (exact) mass is 366 g/mol. The average Bonchev–Trinajstić information content (AvgIpc) is 3.00. The topological polar surface area (TPSA) is 76.9 Å². The van der Waals surface area contributed by atoms with Gasteiger partial charge in [0.25, 0.3) is 5.17 Å². The number of nitriles is 1. The van der Waals surface area contributed by atoms with Crippen LogP contribution in [0.4, 0.5) is 0 Å². The number of hydrogen-bond acceptors (Lipinski definition) is 6. The van der Waals surface area contributed by atoms with Gasteiger partial charge >= 0.3 is 0 Å². The van der Waals surface area contributed by atoms with E-state index in [1.54, 1.807) is 12.1 Å². The molecule has 0 bridgehead atoms. The van der Waals surface area contributed by atoms with Gasteiger partial charge in [-0.15, -0.1) is 0 Å². The van der Waals surface area contributed by atoms with Crippen LogP contribution in [0.1, 0.15) is 5.56 Å². The van der Waals surface area contributed by atoms with Crippen LogP contribution in [-0.4, -0.2) is 73.7 Å². The Morgan fingerprint density at radius 1 is 1.17 bits per heavy atom. The molecule has 0 saturated carbocycles. The highest BCUT2D eigenvalue weighted by atomic mass is 32.2. The van der Waals surface area contributed by atoms with Crippen LogP contribution < -0.4 is 0 Å².